The normalized spacial score (nSPS) is 12.2. The van der Waals surface area contributed by atoms with E-state index in [2.05, 4.69) is 26.2 Å². The summed E-state index contributed by atoms with van der Waals surface area (Å²) in [7, 11) is 0. The van der Waals surface area contributed by atoms with Crippen molar-refractivity contribution in [3.63, 3.8) is 0 Å². The molecule has 0 aliphatic heterocycles. The lowest BCUT2D eigenvalue weighted by Crippen LogP contribution is -2.20. The zero-order chi connectivity index (χ0) is 14.9. The Balaban J connectivity index is 2.23. The summed E-state index contributed by atoms with van der Waals surface area (Å²) in [6, 6.07) is 0.695. The number of nitrogens with two attached hydrogens (primary N) is 1. The standard InChI is InChI=1S/C11H8BrF2N3O2S/c12-4-1-6(14)7(2-5(4)13)16-11-17-8(3-20-11)9(15)10(18)19/h1-3,9H,15H2,(H,16,17)(H,18,19). The van der Waals surface area contributed by atoms with Gasteiger partial charge in [-0.15, -0.1) is 11.3 Å². The molecule has 1 unspecified atom stereocenters. The zero-order valence-electron chi connectivity index (χ0n) is 9.73. The van der Waals surface area contributed by atoms with Gasteiger partial charge in [0.05, 0.1) is 15.9 Å². The monoisotopic (exact) mass is 363 g/mol. The van der Waals surface area contributed by atoms with Crippen molar-refractivity contribution in [2.75, 3.05) is 5.32 Å². The third-order valence-electron chi connectivity index (χ3n) is 2.36. The Morgan fingerprint density at radius 1 is 1.45 bits per heavy atom. The molecule has 106 valence electrons. The van der Waals surface area contributed by atoms with E-state index < -0.39 is 23.6 Å². The molecule has 0 radical (unpaired) electrons. The minimum atomic E-state index is -1.26. The van der Waals surface area contributed by atoms with Gasteiger partial charge in [0, 0.05) is 11.4 Å². The van der Waals surface area contributed by atoms with E-state index in [0.717, 1.165) is 23.5 Å². The zero-order valence-corrected chi connectivity index (χ0v) is 12.1. The van der Waals surface area contributed by atoms with Crippen molar-refractivity contribution in [2.24, 2.45) is 5.73 Å². The molecule has 1 heterocycles. The number of hydrogen-bond acceptors (Lipinski definition) is 5. The number of halogens is 3. The van der Waals surface area contributed by atoms with E-state index in [0.29, 0.717) is 0 Å². The SMILES string of the molecule is NC(C(=O)O)c1csc(Nc2cc(F)c(Br)cc2F)n1. The first-order valence-corrected chi connectivity index (χ1v) is 6.91. The average molecular weight is 364 g/mol. The lowest BCUT2D eigenvalue weighted by molar-refractivity contribution is -0.138. The molecule has 5 nitrogen and oxygen atoms in total. The van der Waals surface area contributed by atoms with E-state index in [4.69, 9.17) is 10.8 Å². The fraction of sp³-hybridized carbons (Fsp3) is 0.0909. The number of carboxylic acid groups (broad SMARTS) is 1. The van der Waals surface area contributed by atoms with Gasteiger partial charge in [-0.1, -0.05) is 0 Å². The summed E-state index contributed by atoms with van der Waals surface area (Å²) < 4.78 is 26.9. The highest BCUT2D eigenvalue weighted by atomic mass is 79.9. The van der Waals surface area contributed by atoms with Crippen molar-refractivity contribution in [3.8, 4) is 0 Å². The first kappa shape index (κ1) is 14.8. The average Bonchev–Trinajstić information content (AvgIpc) is 2.83. The molecule has 0 saturated carbocycles. The maximum Gasteiger partial charge on any atom is 0.326 e. The minimum Gasteiger partial charge on any atom is -0.480 e. The molecule has 9 heteroatoms. The molecular formula is C11H8BrF2N3O2S. The van der Waals surface area contributed by atoms with Crippen molar-refractivity contribution >= 4 is 44.1 Å². The molecule has 0 saturated heterocycles. The molecule has 20 heavy (non-hydrogen) atoms. The molecule has 2 rings (SSSR count). The second-order valence-corrected chi connectivity index (χ2v) is 5.48. The molecule has 0 aliphatic carbocycles. The Morgan fingerprint density at radius 3 is 2.80 bits per heavy atom. The number of aromatic nitrogens is 1. The molecule has 0 spiro atoms. The third-order valence-corrected chi connectivity index (χ3v) is 3.74. The quantitative estimate of drug-likeness (QED) is 0.726. The van der Waals surface area contributed by atoms with E-state index in [1.165, 1.54) is 5.38 Å². The van der Waals surface area contributed by atoms with Crippen LogP contribution in [-0.4, -0.2) is 16.1 Å². The Kier molecular flexibility index (Phi) is 4.31. The fourth-order valence-corrected chi connectivity index (χ4v) is 2.42. The molecule has 2 aromatic rings. The van der Waals surface area contributed by atoms with Crippen molar-refractivity contribution in [3.05, 3.63) is 39.3 Å². The second-order valence-electron chi connectivity index (χ2n) is 3.76. The third kappa shape index (κ3) is 3.11. The van der Waals surface area contributed by atoms with Crippen molar-refractivity contribution < 1.29 is 18.7 Å². The molecule has 0 fully saturated rings. The highest BCUT2D eigenvalue weighted by Gasteiger charge is 2.18. The summed E-state index contributed by atoms with van der Waals surface area (Å²) in [6.07, 6.45) is 0. The largest absolute Gasteiger partial charge is 0.480 e. The van der Waals surface area contributed by atoms with Gasteiger partial charge in [-0.05, 0) is 22.0 Å². The highest BCUT2D eigenvalue weighted by molar-refractivity contribution is 9.10. The van der Waals surface area contributed by atoms with Gasteiger partial charge in [0.1, 0.15) is 17.7 Å². The van der Waals surface area contributed by atoms with Gasteiger partial charge < -0.3 is 16.2 Å². The van der Waals surface area contributed by atoms with E-state index in [-0.39, 0.29) is 21.0 Å². The molecule has 1 aromatic heterocycles. The van der Waals surface area contributed by atoms with Crippen LogP contribution in [0.25, 0.3) is 0 Å². The van der Waals surface area contributed by atoms with Crippen LogP contribution in [0, 0.1) is 11.6 Å². The second kappa shape index (κ2) is 5.81. The molecule has 0 amide bonds. The van der Waals surface area contributed by atoms with Gasteiger partial charge in [0.25, 0.3) is 0 Å². The van der Waals surface area contributed by atoms with Gasteiger partial charge in [0.2, 0.25) is 0 Å². The Labute approximate surface area is 124 Å². The highest BCUT2D eigenvalue weighted by Crippen LogP contribution is 2.28. The number of carbonyl (C=O) groups is 1. The molecule has 4 N–H and O–H groups in total. The fourth-order valence-electron chi connectivity index (χ4n) is 1.35. The lowest BCUT2D eigenvalue weighted by Gasteiger charge is -2.06. The first-order valence-electron chi connectivity index (χ1n) is 5.24. The van der Waals surface area contributed by atoms with Crippen LogP contribution in [0.3, 0.4) is 0 Å². The Bertz CT molecular complexity index is 665. The summed E-state index contributed by atoms with van der Waals surface area (Å²) >= 11 is 3.91. The van der Waals surface area contributed by atoms with E-state index in [1.807, 2.05) is 0 Å². The number of aliphatic carboxylic acids is 1. The maximum absolute atomic E-state index is 13.6. The number of nitrogens with zero attached hydrogens (tertiary/aromatic N) is 1. The van der Waals surface area contributed by atoms with Crippen LogP contribution in [0.4, 0.5) is 19.6 Å². The maximum atomic E-state index is 13.6. The van der Waals surface area contributed by atoms with Crippen LogP contribution in [0.5, 0.6) is 0 Å². The summed E-state index contributed by atoms with van der Waals surface area (Å²) in [5.41, 5.74) is 5.44. The van der Waals surface area contributed by atoms with Crippen LogP contribution in [-0.2, 0) is 4.79 Å². The van der Waals surface area contributed by atoms with E-state index >= 15 is 0 Å². The lowest BCUT2D eigenvalue weighted by atomic mass is 10.2. The van der Waals surface area contributed by atoms with Crippen molar-refractivity contribution in [2.45, 2.75) is 6.04 Å². The number of benzene rings is 1. The molecule has 0 aliphatic rings. The number of nitrogens with one attached hydrogen (secondary N) is 1. The summed E-state index contributed by atoms with van der Waals surface area (Å²) in [4.78, 5) is 14.6. The van der Waals surface area contributed by atoms with Gasteiger partial charge in [0.15, 0.2) is 5.13 Å². The summed E-state index contributed by atoms with van der Waals surface area (Å²) in [6.45, 7) is 0. The first-order chi connectivity index (χ1) is 9.38. The number of hydrogen-bond donors (Lipinski definition) is 3. The smallest absolute Gasteiger partial charge is 0.326 e. The van der Waals surface area contributed by atoms with Crippen LogP contribution in [0.15, 0.2) is 22.0 Å². The summed E-state index contributed by atoms with van der Waals surface area (Å²) in [5, 5.41) is 13.0. The molecule has 1 atom stereocenters. The van der Waals surface area contributed by atoms with Gasteiger partial charge in [-0.25, -0.2) is 13.8 Å². The minimum absolute atomic E-state index is 0.00766. The number of anilines is 2. The Morgan fingerprint density at radius 2 is 2.15 bits per heavy atom. The summed E-state index contributed by atoms with van der Waals surface area (Å²) in [5.74, 6) is -2.52. The van der Waals surface area contributed by atoms with E-state index in [9.17, 15) is 13.6 Å². The number of thiazole rings is 1. The topological polar surface area (TPSA) is 88.2 Å². The Hall–Kier alpha value is -1.58. The van der Waals surface area contributed by atoms with Crippen molar-refractivity contribution in [1.29, 1.82) is 0 Å². The molecule has 0 bridgehead atoms. The van der Waals surface area contributed by atoms with Crippen molar-refractivity contribution in [1.82, 2.24) is 4.98 Å². The van der Waals surface area contributed by atoms with Crippen LogP contribution in [0.2, 0.25) is 0 Å². The predicted octanol–water partition coefficient (Wildman–Crippen LogP) is 3.01. The van der Waals surface area contributed by atoms with Gasteiger partial charge in [-0.2, -0.15) is 0 Å². The van der Waals surface area contributed by atoms with Crippen LogP contribution >= 0.6 is 27.3 Å². The van der Waals surface area contributed by atoms with E-state index in [1.54, 1.807) is 0 Å². The van der Waals surface area contributed by atoms with Gasteiger partial charge in [-0.3, -0.25) is 4.79 Å². The van der Waals surface area contributed by atoms with Gasteiger partial charge >= 0.3 is 5.97 Å². The van der Waals surface area contributed by atoms with Crippen LogP contribution in [0.1, 0.15) is 11.7 Å². The number of rotatable bonds is 4. The predicted molar refractivity (Wildman–Crippen MR) is 74.0 cm³/mol. The molecular weight excluding hydrogens is 356 g/mol. The van der Waals surface area contributed by atoms with Crippen LogP contribution < -0.4 is 11.1 Å². The molecule has 1 aromatic carbocycles. The number of carboxylic acids is 1.